The maximum Gasteiger partial charge on any atom is 0.131 e. The van der Waals surface area contributed by atoms with Gasteiger partial charge in [0.25, 0.3) is 0 Å². The van der Waals surface area contributed by atoms with E-state index in [2.05, 4.69) is 5.10 Å². The number of hydrogen-bond acceptors (Lipinski definition) is 2. The zero-order valence-corrected chi connectivity index (χ0v) is 9.24. The van der Waals surface area contributed by atoms with Crippen LogP contribution in [0.4, 0.5) is 4.39 Å². The van der Waals surface area contributed by atoms with Crippen molar-refractivity contribution in [1.82, 2.24) is 9.78 Å². The molecule has 0 fully saturated rings. The highest BCUT2D eigenvalue weighted by atomic mass is 19.1. The lowest BCUT2D eigenvalue weighted by molar-refractivity contribution is 0.271. The first-order valence-corrected chi connectivity index (χ1v) is 5.01. The van der Waals surface area contributed by atoms with Crippen molar-refractivity contribution < 1.29 is 9.50 Å². The van der Waals surface area contributed by atoms with Crippen LogP contribution >= 0.6 is 0 Å². The van der Waals surface area contributed by atoms with Gasteiger partial charge in [-0.05, 0) is 18.6 Å². The van der Waals surface area contributed by atoms with Crippen LogP contribution in [0.1, 0.15) is 11.3 Å². The molecule has 0 aliphatic rings. The van der Waals surface area contributed by atoms with E-state index in [1.165, 1.54) is 6.07 Å². The maximum atomic E-state index is 13.7. The van der Waals surface area contributed by atoms with Gasteiger partial charge in [0, 0.05) is 18.2 Å². The van der Waals surface area contributed by atoms with Gasteiger partial charge in [0.05, 0.1) is 18.5 Å². The first-order valence-electron chi connectivity index (χ1n) is 5.01. The highest BCUT2D eigenvalue weighted by molar-refractivity contribution is 5.66. The van der Waals surface area contributed by atoms with Crippen LogP contribution in [-0.2, 0) is 13.7 Å². The summed E-state index contributed by atoms with van der Waals surface area (Å²) in [6.07, 6.45) is 1.57. The van der Waals surface area contributed by atoms with Crippen LogP contribution in [0.15, 0.2) is 24.4 Å². The van der Waals surface area contributed by atoms with Gasteiger partial charge in [0.2, 0.25) is 0 Å². The van der Waals surface area contributed by atoms with E-state index >= 15 is 0 Å². The van der Waals surface area contributed by atoms with Gasteiger partial charge in [-0.15, -0.1) is 0 Å². The molecule has 0 bridgehead atoms. The Labute approximate surface area is 93.2 Å². The van der Waals surface area contributed by atoms with E-state index in [-0.39, 0.29) is 12.4 Å². The second-order valence-electron chi connectivity index (χ2n) is 3.77. The van der Waals surface area contributed by atoms with Gasteiger partial charge in [-0.25, -0.2) is 4.39 Å². The number of hydrogen-bond donors (Lipinski definition) is 1. The topological polar surface area (TPSA) is 38.0 Å². The lowest BCUT2D eigenvalue weighted by atomic mass is 10.0. The molecule has 1 heterocycles. The molecule has 0 aliphatic carbocycles. The third kappa shape index (κ3) is 1.72. The number of aliphatic hydroxyl groups is 1. The quantitative estimate of drug-likeness (QED) is 0.840. The Morgan fingerprint density at radius 1 is 1.38 bits per heavy atom. The van der Waals surface area contributed by atoms with Gasteiger partial charge in [-0.1, -0.05) is 12.1 Å². The van der Waals surface area contributed by atoms with Crippen LogP contribution in [0.2, 0.25) is 0 Å². The van der Waals surface area contributed by atoms with Crippen molar-refractivity contribution in [3.63, 3.8) is 0 Å². The summed E-state index contributed by atoms with van der Waals surface area (Å²) in [5.74, 6) is -0.289. The van der Waals surface area contributed by atoms with Crippen molar-refractivity contribution in [2.24, 2.45) is 7.05 Å². The predicted octanol–water partition coefficient (Wildman–Crippen LogP) is 2.03. The van der Waals surface area contributed by atoms with Crippen molar-refractivity contribution in [2.45, 2.75) is 13.5 Å². The first kappa shape index (κ1) is 10.8. The minimum atomic E-state index is -0.289. The molecule has 1 N–H and O–H groups in total. The predicted molar refractivity (Wildman–Crippen MR) is 59.3 cm³/mol. The van der Waals surface area contributed by atoms with Crippen molar-refractivity contribution in [1.29, 1.82) is 0 Å². The van der Waals surface area contributed by atoms with E-state index in [0.717, 1.165) is 5.56 Å². The lowest BCUT2D eigenvalue weighted by Gasteiger charge is -2.05. The smallest absolute Gasteiger partial charge is 0.131 e. The molecular weight excluding hydrogens is 207 g/mol. The number of halogens is 1. The molecule has 0 unspecified atom stereocenters. The number of aliphatic hydroxyl groups excluding tert-OH is 1. The molecule has 0 amide bonds. The van der Waals surface area contributed by atoms with Gasteiger partial charge < -0.3 is 5.11 Å². The van der Waals surface area contributed by atoms with Crippen LogP contribution < -0.4 is 0 Å². The summed E-state index contributed by atoms with van der Waals surface area (Å²) in [6.45, 7) is 1.68. The lowest BCUT2D eigenvalue weighted by Crippen LogP contribution is -1.99. The molecule has 84 valence electrons. The molecule has 1 aromatic heterocycles. The Balaban J connectivity index is 2.58. The normalized spacial score (nSPS) is 10.8. The van der Waals surface area contributed by atoms with E-state index in [1.54, 1.807) is 24.0 Å². The molecule has 0 saturated heterocycles. The number of aryl methyl sites for hydroxylation is 2. The minimum Gasteiger partial charge on any atom is -0.390 e. The number of aromatic nitrogens is 2. The van der Waals surface area contributed by atoms with Gasteiger partial charge in [0.15, 0.2) is 0 Å². The van der Waals surface area contributed by atoms with E-state index in [0.29, 0.717) is 16.8 Å². The average Bonchev–Trinajstić information content (AvgIpc) is 2.59. The summed E-state index contributed by atoms with van der Waals surface area (Å²) in [5, 5.41) is 13.2. The monoisotopic (exact) mass is 220 g/mol. The maximum absolute atomic E-state index is 13.7. The van der Waals surface area contributed by atoms with Crippen LogP contribution in [0.5, 0.6) is 0 Å². The first-order chi connectivity index (χ1) is 7.63. The molecule has 2 rings (SSSR count). The third-order valence-corrected chi connectivity index (χ3v) is 2.63. The molecule has 4 heteroatoms. The molecular formula is C12H13FN2O. The molecule has 2 aromatic rings. The van der Waals surface area contributed by atoms with Crippen LogP contribution in [-0.4, -0.2) is 14.9 Å². The molecule has 3 nitrogen and oxygen atoms in total. The fourth-order valence-electron chi connectivity index (χ4n) is 1.71. The van der Waals surface area contributed by atoms with E-state index in [4.69, 9.17) is 0 Å². The summed E-state index contributed by atoms with van der Waals surface area (Å²) in [5.41, 5.74) is 2.60. The molecule has 0 spiro atoms. The average molecular weight is 220 g/mol. The standard InChI is InChI=1S/C12H13FN2O/c1-8-3-4-9(11(13)5-8)10-6-14-15(2)12(10)7-16/h3-6,16H,7H2,1-2H3. The van der Waals surface area contributed by atoms with Crippen LogP contribution in [0, 0.1) is 12.7 Å². The Hall–Kier alpha value is -1.68. The summed E-state index contributed by atoms with van der Waals surface area (Å²) in [6, 6.07) is 5.02. The highest BCUT2D eigenvalue weighted by Gasteiger charge is 2.13. The minimum absolute atomic E-state index is 0.154. The molecule has 0 radical (unpaired) electrons. The number of benzene rings is 1. The van der Waals surface area contributed by atoms with Crippen molar-refractivity contribution in [3.05, 3.63) is 41.5 Å². The summed E-state index contributed by atoms with van der Waals surface area (Å²) in [7, 11) is 1.72. The van der Waals surface area contributed by atoms with Gasteiger partial charge in [-0.2, -0.15) is 5.10 Å². The zero-order valence-electron chi connectivity index (χ0n) is 9.24. The Morgan fingerprint density at radius 3 is 2.75 bits per heavy atom. The fourth-order valence-corrected chi connectivity index (χ4v) is 1.71. The fraction of sp³-hybridized carbons (Fsp3) is 0.250. The summed E-state index contributed by atoms with van der Waals surface area (Å²) in [4.78, 5) is 0. The Kier molecular flexibility index (Phi) is 2.75. The third-order valence-electron chi connectivity index (χ3n) is 2.63. The zero-order chi connectivity index (χ0) is 11.7. The van der Waals surface area contributed by atoms with E-state index in [9.17, 15) is 9.50 Å². The van der Waals surface area contributed by atoms with Gasteiger partial charge in [0.1, 0.15) is 5.82 Å². The largest absolute Gasteiger partial charge is 0.390 e. The summed E-state index contributed by atoms with van der Waals surface area (Å²) >= 11 is 0. The summed E-state index contributed by atoms with van der Waals surface area (Å²) < 4.78 is 15.3. The number of rotatable bonds is 2. The second-order valence-corrected chi connectivity index (χ2v) is 3.77. The Morgan fingerprint density at radius 2 is 2.12 bits per heavy atom. The Bertz CT molecular complexity index is 520. The molecule has 1 aromatic carbocycles. The van der Waals surface area contributed by atoms with Crippen molar-refractivity contribution in [3.8, 4) is 11.1 Å². The van der Waals surface area contributed by atoms with Gasteiger partial charge in [-0.3, -0.25) is 4.68 Å². The molecule has 0 atom stereocenters. The molecule has 0 aliphatic heterocycles. The highest BCUT2D eigenvalue weighted by Crippen LogP contribution is 2.26. The van der Waals surface area contributed by atoms with Crippen molar-refractivity contribution >= 4 is 0 Å². The van der Waals surface area contributed by atoms with Crippen LogP contribution in [0.3, 0.4) is 0 Å². The second kappa shape index (κ2) is 4.06. The molecule has 16 heavy (non-hydrogen) atoms. The van der Waals surface area contributed by atoms with Crippen molar-refractivity contribution in [2.75, 3.05) is 0 Å². The number of nitrogens with zero attached hydrogens (tertiary/aromatic N) is 2. The van der Waals surface area contributed by atoms with E-state index in [1.807, 2.05) is 13.0 Å². The SMILES string of the molecule is Cc1ccc(-c2cnn(C)c2CO)c(F)c1. The molecule has 0 saturated carbocycles. The van der Waals surface area contributed by atoms with E-state index < -0.39 is 0 Å². The van der Waals surface area contributed by atoms with Gasteiger partial charge >= 0.3 is 0 Å². The van der Waals surface area contributed by atoms with Crippen LogP contribution in [0.25, 0.3) is 11.1 Å².